The summed E-state index contributed by atoms with van der Waals surface area (Å²) in [5.74, 6) is -1.38. The fourth-order valence-electron chi connectivity index (χ4n) is 1.74. The number of hydrogen-bond donors (Lipinski definition) is 2. The number of aromatic amines is 1. The minimum absolute atomic E-state index is 0.0352. The largest absolute Gasteiger partial charge is 0.448 e. The molecule has 2 N–H and O–H groups in total. The van der Waals surface area contributed by atoms with E-state index in [0.29, 0.717) is 4.47 Å². The first-order chi connectivity index (χ1) is 10.9. The molecule has 0 saturated heterocycles. The third-order valence-corrected chi connectivity index (χ3v) is 3.34. The first kappa shape index (κ1) is 16.7. The SMILES string of the molecule is CC(OC(=O)c1cc(Br)c[nH]1)C(=O)Nc1ccccc1[N+](=O)[O-]. The Hall–Kier alpha value is -2.68. The summed E-state index contributed by atoms with van der Waals surface area (Å²) in [4.78, 5) is 36.8. The number of nitro groups is 1. The second kappa shape index (κ2) is 7.05. The van der Waals surface area contributed by atoms with Gasteiger partial charge in [0.15, 0.2) is 6.10 Å². The molecule has 0 fully saturated rings. The summed E-state index contributed by atoms with van der Waals surface area (Å²) in [6.45, 7) is 1.37. The highest BCUT2D eigenvalue weighted by Crippen LogP contribution is 2.23. The number of halogens is 1. The van der Waals surface area contributed by atoms with Crippen LogP contribution in [0.4, 0.5) is 11.4 Å². The van der Waals surface area contributed by atoms with Gasteiger partial charge in [-0.1, -0.05) is 12.1 Å². The monoisotopic (exact) mass is 381 g/mol. The van der Waals surface area contributed by atoms with Crippen molar-refractivity contribution in [3.63, 3.8) is 0 Å². The second-order valence-electron chi connectivity index (χ2n) is 4.54. The zero-order chi connectivity index (χ0) is 17.0. The Labute approximate surface area is 139 Å². The van der Waals surface area contributed by atoms with Crippen LogP contribution in [0.25, 0.3) is 0 Å². The number of amides is 1. The maximum absolute atomic E-state index is 12.0. The number of carbonyl (C=O) groups excluding carboxylic acids is 2. The third kappa shape index (κ3) is 4.16. The number of benzene rings is 1. The molecule has 1 aromatic carbocycles. The number of nitrogens with one attached hydrogen (secondary N) is 2. The van der Waals surface area contributed by atoms with Crippen LogP contribution < -0.4 is 5.32 Å². The lowest BCUT2D eigenvalue weighted by atomic mass is 10.2. The van der Waals surface area contributed by atoms with E-state index >= 15 is 0 Å². The topological polar surface area (TPSA) is 114 Å². The number of hydrogen-bond acceptors (Lipinski definition) is 5. The van der Waals surface area contributed by atoms with Gasteiger partial charge in [-0.2, -0.15) is 0 Å². The van der Waals surface area contributed by atoms with Crippen LogP contribution >= 0.6 is 15.9 Å². The molecular weight excluding hydrogens is 370 g/mol. The molecule has 8 nitrogen and oxygen atoms in total. The van der Waals surface area contributed by atoms with Crippen LogP contribution in [0.1, 0.15) is 17.4 Å². The average molecular weight is 382 g/mol. The molecule has 0 saturated carbocycles. The average Bonchev–Trinajstić information content (AvgIpc) is 2.94. The van der Waals surface area contributed by atoms with Gasteiger partial charge in [0.1, 0.15) is 11.4 Å². The minimum atomic E-state index is -1.12. The molecule has 120 valence electrons. The fraction of sp³-hybridized carbons (Fsp3) is 0.143. The highest BCUT2D eigenvalue weighted by Gasteiger charge is 2.22. The highest BCUT2D eigenvalue weighted by atomic mass is 79.9. The van der Waals surface area contributed by atoms with Gasteiger partial charge in [-0.3, -0.25) is 14.9 Å². The summed E-state index contributed by atoms with van der Waals surface area (Å²) in [5, 5.41) is 13.3. The lowest BCUT2D eigenvalue weighted by molar-refractivity contribution is -0.383. The first-order valence-corrected chi connectivity index (χ1v) is 7.27. The van der Waals surface area contributed by atoms with Crippen LogP contribution in [0.15, 0.2) is 41.0 Å². The predicted octanol–water partition coefficient (Wildman–Crippen LogP) is 2.87. The number of para-hydroxylation sites is 2. The molecule has 1 atom stereocenters. The van der Waals surface area contributed by atoms with Gasteiger partial charge in [0.25, 0.3) is 11.6 Å². The van der Waals surface area contributed by atoms with Gasteiger partial charge in [-0.05, 0) is 35.0 Å². The Bertz CT molecular complexity index is 758. The summed E-state index contributed by atoms with van der Waals surface area (Å²) in [5.41, 5.74) is -0.0251. The molecule has 0 bridgehead atoms. The van der Waals surface area contributed by atoms with E-state index in [1.807, 2.05) is 0 Å². The lowest BCUT2D eigenvalue weighted by Crippen LogP contribution is -2.30. The Morgan fingerprint density at radius 2 is 2.09 bits per heavy atom. The van der Waals surface area contributed by atoms with Gasteiger partial charge in [0.2, 0.25) is 0 Å². The van der Waals surface area contributed by atoms with Crippen molar-refractivity contribution in [2.75, 3.05) is 5.32 Å². The number of carbonyl (C=O) groups is 2. The smallest absolute Gasteiger partial charge is 0.355 e. The van der Waals surface area contributed by atoms with Crippen molar-refractivity contribution in [2.45, 2.75) is 13.0 Å². The van der Waals surface area contributed by atoms with Crippen LogP contribution in [0, 0.1) is 10.1 Å². The van der Waals surface area contributed by atoms with E-state index in [1.54, 1.807) is 12.3 Å². The van der Waals surface area contributed by atoms with Crippen molar-refractivity contribution in [3.05, 3.63) is 56.8 Å². The Morgan fingerprint density at radius 3 is 2.70 bits per heavy atom. The lowest BCUT2D eigenvalue weighted by Gasteiger charge is -2.13. The second-order valence-corrected chi connectivity index (χ2v) is 5.46. The van der Waals surface area contributed by atoms with E-state index in [-0.39, 0.29) is 17.1 Å². The normalized spacial score (nSPS) is 11.6. The van der Waals surface area contributed by atoms with Crippen molar-refractivity contribution in [3.8, 4) is 0 Å². The van der Waals surface area contributed by atoms with Gasteiger partial charge >= 0.3 is 5.97 Å². The molecule has 1 amide bonds. The van der Waals surface area contributed by atoms with E-state index < -0.39 is 22.9 Å². The molecular formula is C14H12BrN3O5. The van der Waals surface area contributed by atoms with E-state index in [1.165, 1.54) is 31.2 Å². The predicted molar refractivity (Wildman–Crippen MR) is 85.1 cm³/mol. The van der Waals surface area contributed by atoms with Gasteiger partial charge in [0, 0.05) is 16.7 Å². The number of esters is 1. The van der Waals surface area contributed by atoms with Crippen LogP contribution in [-0.2, 0) is 9.53 Å². The maximum atomic E-state index is 12.0. The summed E-state index contributed by atoms with van der Waals surface area (Å²) in [7, 11) is 0. The molecule has 2 rings (SSSR count). The van der Waals surface area contributed by atoms with E-state index in [4.69, 9.17) is 4.74 Å². The van der Waals surface area contributed by atoms with Crippen molar-refractivity contribution in [2.24, 2.45) is 0 Å². The molecule has 0 aliphatic carbocycles. The molecule has 0 spiro atoms. The number of ether oxygens (including phenoxy) is 1. The standard InChI is InChI=1S/C14H12BrN3O5/c1-8(23-14(20)11-6-9(15)7-16-11)13(19)17-10-4-2-3-5-12(10)18(21)22/h2-8,16H,1H3,(H,17,19). The van der Waals surface area contributed by atoms with E-state index in [2.05, 4.69) is 26.2 Å². The Balaban J connectivity index is 2.03. The number of nitrogens with zero attached hydrogens (tertiary/aromatic N) is 1. The number of rotatable bonds is 5. The number of anilines is 1. The zero-order valence-corrected chi connectivity index (χ0v) is 13.5. The fourth-order valence-corrected chi connectivity index (χ4v) is 2.08. The van der Waals surface area contributed by atoms with Gasteiger partial charge < -0.3 is 15.0 Å². The van der Waals surface area contributed by atoms with E-state index in [9.17, 15) is 19.7 Å². The molecule has 0 aliphatic heterocycles. The van der Waals surface area contributed by atoms with Gasteiger partial charge in [0.05, 0.1) is 4.92 Å². The minimum Gasteiger partial charge on any atom is -0.448 e. The Morgan fingerprint density at radius 1 is 1.39 bits per heavy atom. The number of H-pyrrole nitrogens is 1. The Kier molecular flexibility index (Phi) is 5.12. The van der Waals surface area contributed by atoms with Crippen molar-refractivity contribution in [1.82, 2.24) is 4.98 Å². The first-order valence-electron chi connectivity index (χ1n) is 6.47. The molecule has 1 heterocycles. The quantitative estimate of drug-likeness (QED) is 0.469. The van der Waals surface area contributed by atoms with Gasteiger partial charge in [-0.15, -0.1) is 0 Å². The molecule has 23 heavy (non-hydrogen) atoms. The van der Waals surface area contributed by atoms with Crippen molar-refractivity contribution >= 4 is 39.2 Å². The molecule has 9 heteroatoms. The molecule has 2 aromatic rings. The molecule has 0 aliphatic rings. The van der Waals surface area contributed by atoms with E-state index in [0.717, 1.165) is 0 Å². The van der Waals surface area contributed by atoms with Crippen LogP contribution in [0.2, 0.25) is 0 Å². The molecule has 0 radical (unpaired) electrons. The van der Waals surface area contributed by atoms with Crippen LogP contribution in [0.5, 0.6) is 0 Å². The molecule has 1 aromatic heterocycles. The van der Waals surface area contributed by atoms with Crippen LogP contribution in [0.3, 0.4) is 0 Å². The summed E-state index contributed by atoms with van der Waals surface area (Å²) >= 11 is 3.18. The summed E-state index contributed by atoms with van der Waals surface area (Å²) in [6.07, 6.45) is 0.429. The zero-order valence-electron chi connectivity index (χ0n) is 11.9. The van der Waals surface area contributed by atoms with Crippen molar-refractivity contribution in [1.29, 1.82) is 0 Å². The number of nitro benzene ring substituents is 1. The van der Waals surface area contributed by atoms with Gasteiger partial charge in [-0.25, -0.2) is 4.79 Å². The highest BCUT2D eigenvalue weighted by molar-refractivity contribution is 9.10. The molecule has 1 unspecified atom stereocenters. The van der Waals surface area contributed by atoms with Crippen molar-refractivity contribution < 1.29 is 19.2 Å². The third-order valence-electron chi connectivity index (χ3n) is 2.88. The number of aromatic nitrogens is 1. The van der Waals surface area contributed by atoms with Crippen LogP contribution in [-0.4, -0.2) is 27.9 Å². The summed E-state index contributed by atoms with van der Waals surface area (Å²) in [6, 6.07) is 7.21. The summed E-state index contributed by atoms with van der Waals surface area (Å²) < 4.78 is 5.68. The maximum Gasteiger partial charge on any atom is 0.355 e.